The largest absolute Gasteiger partial charge is 0.475 e. The number of rotatable bonds is 15. The van der Waals surface area contributed by atoms with Crippen LogP contribution in [0, 0.1) is 0 Å². The lowest BCUT2D eigenvalue weighted by Crippen LogP contribution is -1.88. The van der Waals surface area contributed by atoms with Gasteiger partial charge in [-0.1, -0.05) is 89.4 Å². The molecule has 1 aliphatic rings. The van der Waals surface area contributed by atoms with Crippen LogP contribution in [0.15, 0.2) is 35.8 Å². The minimum absolute atomic E-state index is 0.0695. The van der Waals surface area contributed by atoms with Crippen molar-refractivity contribution >= 4 is 5.97 Å². The van der Waals surface area contributed by atoms with Gasteiger partial charge in [0.2, 0.25) is 0 Å². The van der Waals surface area contributed by atoms with E-state index in [9.17, 15) is 4.79 Å². The molecular formula is C20H32O3. The van der Waals surface area contributed by atoms with Crippen molar-refractivity contribution in [2.45, 2.75) is 84.0 Å². The van der Waals surface area contributed by atoms with Crippen LogP contribution in [0.25, 0.3) is 0 Å². The normalized spacial score (nSPS) is 14.0. The minimum atomic E-state index is -0.991. The van der Waals surface area contributed by atoms with Gasteiger partial charge in [0.15, 0.2) is 5.76 Å². The zero-order valence-corrected chi connectivity index (χ0v) is 14.6. The standard InChI is InChI=1S/C20H32O3/c1-2-3-4-5-6-7-8-9-10-11-12-13-14-15-16-17-18-19(23-18)20(21)22/h14-17H,2-13H2,1H3,(H,21,22). The maximum atomic E-state index is 10.5. The third-order valence-electron chi connectivity index (χ3n) is 4.06. The summed E-state index contributed by atoms with van der Waals surface area (Å²) >= 11 is 0. The Morgan fingerprint density at radius 3 is 2.00 bits per heavy atom. The Balaban J connectivity index is 1.82. The van der Waals surface area contributed by atoms with Crippen molar-refractivity contribution in [3.05, 3.63) is 35.8 Å². The van der Waals surface area contributed by atoms with Crippen molar-refractivity contribution < 1.29 is 14.6 Å². The molecule has 0 aromatic carbocycles. The summed E-state index contributed by atoms with van der Waals surface area (Å²) in [7, 11) is 0. The number of carboxylic acid groups (broad SMARTS) is 1. The summed E-state index contributed by atoms with van der Waals surface area (Å²) < 4.78 is 4.81. The third kappa shape index (κ3) is 10.8. The van der Waals surface area contributed by atoms with Crippen LogP contribution in [-0.4, -0.2) is 11.1 Å². The van der Waals surface area contributed by atoms with Gasteiger partial charge >= 0.3 is 5.97 Å². The van der Waals surface area contributed by atoms with E-state index in [1.807, 2.05) is 12.2 Å². The Bertz CT molecular complexity index is 419. The molecule has 1 aliphatic heterocycles. The van der Waals surface area contributed by atoms with Gasteiger partial charge in [0.1, 0.15) is 0 Å². The molecule has 0 radical (unpaired) electrons. The molecule has 3 nitrogen and oxygen atoms in total. The Hall–Kier alpha value is -1.51. The van der Waals surface area contributed by atoms with Gasteiger partial charge in [0, 0.05) is 0 Å². The molecule has 0 spiro atoms. The SMILES string of the molecule is CCCCCCCCCCCCCC=CC=CC1=C(C(=O)O)O1. The molecule has 130 valence electrons. The molecule has 0 saturated heterocycles. The number of carbonyl (C=O) groups is 1. The molecule has 1 heterocycles. The number of hydrogen-bond donors (Lipinski definition) is 1. The summed E-state index contributed by atoms with van der Waals surface area (Å²) in [6, 6.07) is 0. The van der Waals surface area contributed by atoms with Gasteiger partial charge in [-0.15, -0.1) is 0 Å². The maximum Gasteiger partial charge on any atom is 0.375 e. The van der Waals surface area contributed by atoms with Crippen LogP contribution in [0.2, 0.25) is 0 Å². The number of unbranched alkanes of at least 4 members (excludes halogenated alkanes) is 11. The van der Waals surface area contributed by atoms with E-state index in [4.69, 9.17) is 9.84 Å². The highest BCUT2D eigenvalue weighted by Gasteiger charge is 2.29. The van der Waals surface area contributed by atoms with E-state index in [1.54, 1.807) is 6.08 Å². The number of ether oxygens (including phenoxy) is 1. The van der Waals surface area contributed by atoms with Crippen molar-refractivity contribution in [2.75, 3.05) is 0 Å². The lowest BCUT2D eigenvalue weighted by Gasteiger charge is -2.01. The Labute approximate surface area is 141 Å². The highest BCUT2D eigenvalue weighted by atomic mass is 16.6. The lowest BCUT2D eigenvalue weighted by molar-refractivity contribution is -0.133. The molecule has 0 amide bonds. The zero-order valence-electron chi connectivity index (χ0n) is 14.6. The van der Waals surface area contributed by atoms with E-state index in [0.29, 0.717) is 5.76 Å². The van der Waals surface area contributed by atoms with Gasteiger partial charge in [-0.05, 0) is 18.9 Å². The van der Waals surface area contributed by atoms with E-state index in [1.165, 1.54) is 70.6 Å². The number of allylic oxidation sites excluding steroid dienone is 4. The molecule has 0 aromatic heterocycles. The summed E-state index contributed by atoms with van der Waals surface area (Å²) in [6.07, 6.45) is 23.8. The molecule has 0 aromatic rings. The van der Waals surface area contributed by atoms with Gasteiger partial charge in [-0.2, -0.15) is 0 Å². The van der Waals surface area contributed by atoms with Gasteiger partial charge in [-0.25, -0.2) is 4.79 Å². The second-order valence-corrected chi connectivity index (χ2v) is 6.21. The van der Waals surface area contributed by atoms with Crippen LogP contribution in [0.3, 0.4) is 0 Å². The molecule has 23 heavy (non-hydrogen) atoms. The van der Waals surface area contributed by atoms with Gasteiger partial charge in [-0.3, -0.25) is 0 Å². The van der Waals surface area contributed by atoms with Crippen LogP contribution in [0.4, 0.5) is 0 Å². The smallest absolute Gasteiger partial charge is 0.375 e. The maximum absolute atomic E-state index is 10.5. The van der Waals surface area contributed by atoms with Crippen LogP contribution in [-0.2, 0) is 9.53 Å². The van der Waals surface area contributed by atoms with Crippen LogP contribution >= 0.6 is 0 Å². The van der Waals surface area contributed by atoms with Crippen LogP contribution in [0.1, 0.15) is 84.0 Å². The minimum Gasteiger partial charge on any atom is -0.475 e. The van der Waals surface area contributed by atoms with Gasteiger partial charge < -0.3 is 9.84 Å². The first-order chi connectivity index (χ1) is 11.3. The van der Waals surface area contributed by atoms with Gasteiger partial charge in [0.05, 0.1) is 0 Å². The van der Waals surface area contributed by atoms with E-state index in [-0.39, 0.29) is 5.76 Å². The van der Waals surface area contributed by atoms with E-state index in [2.05, 4.69) is 13.0 Å². The summed E-state index contributed by atoms with van der Waals surface area (Å²) in [5.74, 6) is -0.452. The lowest BCUT2D eigenvalue weighted by atomic mass is 10.1. The predicted octanol–water partition coefficient (Wildman–Crippen LogP) is 6.13. The second kappa shape index (κ2) is 13.0. The molecule has 0 saturated carbocycles. The fraction of sp³-hybridized carbons (Fsp3) is 0.650. The summed E-state index contributed by atoms with van der Waals surface area (Å²) in [5.41, 5.74) is 0. The monoisotopic (exact) mass is 320 g/mol. The molecular weight excluding hydrogens is 288 g/mol. The highest BCUT2D eigenvalue weighted by molar-refractivity contribution is 5.89. The summed E-state index contributed by atoms with van der Waals surface area (Å²) in [6.45, 7) is 2.26. The van der Waals surface area contributed by atoms with Crippen molar-refractivity contribution in [3.63, 3.8) is 0 Å². The first-order valence-electron chi connectivity index (χ1n) is 9.24. The number of aliphatic carboxylic acids is 1. The molecule has 0 bridgehead atoms. The molecule has 1 rings (SSSR count). The van der Waals surface area contributed by atoms with E-state index < -0.39 is 5.97 Å². The predicted molar refractivity (Wildman–Crippen MR) is 95.1 cm³/mol. The zero-order chi connectivity index (χ0) is 16.8. The topological polar surface area (TPSA) is 49.8 Å². The van der Waals surface area contributed by atoms with Crippen molar-refractivity contribution in [1.82, 2.24) is 0 Å². The Morgan fingerprint density at radius 2 is 1.48 bits per heavy atom. The fourth-order valence-electron chi connectivity index (χ4n) is 2.59. The van der Waals surface area contributed by atoms with Crippen molar-refractivity contribution in [3.8, 4) is 0 Å². The average molecular weight is 320 g/mol. The van der Waals surface area contributed by atoms with Crippen LogP contribution < -0.4 is 0 Å². The molecule has 0 fully saturated rings. The second-order valence-electron chi connectivity index (χ2n) is 6.21. The molecule has 3 heteroatoms. The van der Waals surface area contributed by atoms with Crippen molar-refractivity contribution in [1.29, 1.82) is 0 Å². The molecule has 0 atom stereocenters. The summed E-state index contributed by atoms with van der Waals surface area (Å²) in [5, 5.41) is 8.61. The molecule has 1 N–H and O–H groups in total. The van der Waals surface area contributed by atoms with Crippen LogP contribution in [0.5, 0.6) is 0 Å². The Morgan fingerprint density at radius 1 is 0.913 bits per heavy atom. The first kappa shape index (κ1) is 19.5. The highest BCUT2D eigenvalue weighted by Crippen LogP contribution is 2.26. The Kier molecular flexibility index (Phi) is 11.0. The van der Waals surface area contributed by atoms with E-state index in [0.717, 1.165) is 6.42 Å². The molecule has 0 unspecified atom stereocenters. The fourth-order valence-corrected chi connectivity index (χ4v) is 2.59. The molecule has 0 aliphatic carbocycles. The first-order valence-corrected chi connectivity index (χ1v) is 9.24. The quantitative estimate of drug-likeness (QED) is 0.292. The number of carboxylic acids is 1. The third-order valence-corrected chi connectivity index (χ3v) is 4.06. The van der Waals surface area contributed by atoms with E-state index >= 15 is 0 Å². The summed E-state index contributed by atoms with van der Waals surface area (Å²) in [4.78, 5) is 10.5. The average Bonchev–Trinajstić information content (AvgIpc) is 3.31. The van der Waals surface area contributed by atoms with Gasteiger partial charge in [0.25, 0.3) is 5.76 Å². The number of hydrogen-bond acceptors (Lipinski definition) is 2. The van der Waals surface area contributed by atoms with Crippen molar-refractivity contribution in [2.24, 2.45) is 0 Å².